The van der Waals surface area contributed by atoms with Gasteiger partial charge in [0.25, 0.3) is 0 Å². The number of hydrogen-bond donors (Lipinski definition) is 4. The third-order valence-electron chi connectivity index (χ3n) is 3.26. The summed E-state index contributed by atoms with van der Waals surface area (Å²) in [4.78, 5) is 14.7. The molecule has 1 radical (unpaired) electrons. The van der Waals surface area contributed by atoms with Crippen LogP contribution in [0.1, 0.15) is 11.6 Å². The number of benzene rings is 2. The van der Waals surface area contributed by atoms with Crippen molar-refractivity contribution in [3.05, 3.63) is 60.2 Å². The average molecular weight is 484 g/mol. The molecule has 4 aromatic rings. The maximum atomic E-state index is 5.42. The molecule has 0 bridgehead atoms. The normalized spacial score (nSPS) is 8.36. The van der Waals surface area contributed by atoms with Crippen molar-refractivity contribution in [2.24, 2.45) is 11.5 Å². The van der Waals surface area contributed by atoms with Crippen LogP contribution in [0.25, 0.3) is 22.1 Å². The first-order chi connectivity index (χ1) is 10.8. The molecule has 0 atom stereocenters. The zero-order valence-electron chi connectivity index (χ0n) is 14.7. The summed E-state index contributed by atoms with van der Waals surface area (Å²) in [6.45, 7) is 0.934. The van der Waals surface area contributed by atoms with Crippen molar-refractivity contribution in [1.29, 1.82) is 0 Å². The number of aromatic nitrogens is 4. The number of hydrogen-bond acceptors (Lipinski definition) is 4. The van der Waals surface area contributed by atoms with Gasteiger partial charge in [0.1, 0.15) is 11.6 Å². The van der Waals surface area contributed by atoms with Gasteiger partial charge in [-0.1, -0.05) is 24.3 Å². The van der Waals surface area contributed by atoms with Crippen molar-refractivity contribution < 1.29 is 58.3 Å². The smallest absolute Gasteiger partial charge is 1.00 e. The molecule has 2 aromatic carbocycles. The third kappa shape index (κ3) is 8.11. The number of fused-ring (bicyclic) bond motifs is 2. The Morgan fingerprint density at radius 3 is 1.29 bits per heavy atom. The van der Waals surface area contributed by atoms with Gasteiger partial charge in [0.2, 0.25) is 0 Å². The van der Waals surface area contributed by atoms with Crippen LogP contribution in [0.5, 0.6) is 0 Å². The zero-order chi connectivity index (χ0) is 15.4. The van der Waals surface area contributed by atoms with E-state index in [1.807, 2.05) is 48.5 Å². The molecule has 2 aromatic heterocycles. The van der Waals surface area contributed by atoms with Crippen LogP contribution in [-0.4, -0.2) is 30.9 Å². The number of nitrogens with two attached hydrogens (primary N) is 2. The van der Waals surface area contributed by atoms with E-state index in [0.717, 1.165) is 33.7 Å². The maximum absolute atomic E-state index is 5.42. The van der Waals surface area contributed by atoms with Gasteiger partial charge in [-0.2, -0.15) is 0 Å². The van der Waals surface area contributed by atoms with Crippen LogP contribution in [0.15, 0.2) is 48.5 Å². The maximum Gasteiger partial charge on any atom is 2.00 e. The van der Waals surface area contributed by atoms with Gasteiger partial charge < -0.3 is 62.7 Å². The van der Waals surface area contributed by atoms with Crippen LogP contribution < -0.4 is 36.3 Å². The minimum absolute atomic E-state index is 0. The third-order valence-corrected chi connectivity index (χ3v) is 3.26. The summed E-state index contributed by atoms with van der Waals surface area (Å²) >= 11 is 0. The predicted molar refractivity (Wildman–Crippen MR) is 100 cm³/mol. The Kier molecular flexibility index (Phi) is 19.6. The molecule has 161 valence electrons. The summed E-state index contributed by atoms with van der Waals surface area (Å²) in [5, 5.41) is 0. The van der Waals surface area contributed by atoms with Gasteiger partial charge in [-0.3, -0.25) is 0 Å². The summed E-state index contributed by atoms with van der Waals surface area (Å²) in [5.74, 6) is 1.68. The number of nitrogens with zero attached hydrogens (tertiary/aromatic N) is 2. The number of rotatable bonds is 2. The summed E-state index contributed by atoms with van der Waals surface area (Å²) in [6.07, 6.45) is 0. The minimum Gasteiger partial charge on any atom is -1.00 e. The molecule has 0 saturated heterocycles. The van der Waals surface area contributed by atoms with Gasteiger partial charge >= 0.3 is 17.1 Å². The molecule has 0 saturated carbocycles. The predicted octanol–water partition coefficient (Wildman–Crippen LogP) is -6.52. The Hall–Kier alpha value is -1.72. The van der Waals surface area contributed by atoms with E-state index in [9.17, 15) is 0 Å². The van der Waals surface area contributed by atoms with E-state index in [1.54, 1.807) is 0 Å². The molecule has 0 spiro atoms. The fourth-order valence-corrected chi connectivity index (χ4v) is 2.20. The summed E-state index contributed by atoms with van der Waals surface area (Å²) < 4.78 is 0. The molecule has 0 unspecified atom stereocenters. The molecule has 0 aliphatic carbocycles. The van der Waals surface area contributed by atoms with E-state index in [4.69, 9.17) is 11.5 Å². The SMILES string of the molecule is NCc1nc2ccccc2[nH]1.NCc1nc2ccccc2[nH]1.O.O.[Cl-].[Cl-].[Cu+2].[OH3+]. The van der Waals surface area contributed by atoms with Gasteiger partial charge in [0.05, 0.1) is 35.2 Å². The van der Waals surface area contributed by atoms with Gasteiger partial charge in [-0.05, 0) is 24.3 Å². The fraction of sp³-hybridized carbons (Fsp3) is 0.125. The average Bonchev–Trinajstić information content (AvgIpc) is 3.18. The van der Waals surface area contributed by atoms with Crippen molar-refractivity contribution in [3.8, 4) is 0 Å². The Balaban J connectivity index is -0.000000169. The first-order valence-corrected chi connectivity index (χ1v) is 7.07. The Morgan fingerprint density at radius 2 is 1.00 bits per heavy atom. The molecule has 4 rings (SSSR count). The summed E-state index contributed by atoms with van der Waals surface area (Å²) in [5.41, 5.74) is 14.9. The number of imidazole rings is 2. The quantitative estimate of drug-likeness (QED) is 0.162. The van der Waals surface area contributed by atoms with E-state index in [1.165, 1.54) is 0 Å². The van der Waals surface area contributed by atoms with Crippen LogP contribution in [0.2, 0.25) is 0 Å². The van der Waals surface area contributed by atoms with Crippen LogP contribution >= 0.6 is 0 Å². The molecular weight excluding hydrogens is 459 g/mol. The number of aromatic amines is 2. The topological polar surface area (TPSA) is 205 Å². The molecule has 28 heavy (non-hydrogen) atoms. The molecule has 13 N–H and O–H groups in total. The Morgan fingerprint density at radius 1 is 0.679 bits per heavy atom. The Labute approximate surface area is 184 Å². The van der Waals surface area contributed by atoms with E-state index >= 15 is 0 Å². The van der Waals surface area contributed by atoms with Crippen molar-refractivity contribution in [3.63, 3.8) is 0 Å². The minimum atomic E-state index is 0. The second kappa shape index (κ2) is 16.3. The van der Waals surface area contributed by atoms with Gasteiger partial charge in [-0.15, -0.1) is 0 Å². The number of halogens is 2. The number of H-pyrrole nitrogens is 2. The van der Waals surface area contributed by atoms with E-state index < -0.39 is 0 Å². The second-order valence-electron chi connectivity index (χ2n) is 4.81. The van der Waals surface area contributed by atoms with Crippen LogP contribution in [0, 0.1) is 0 Å². The first-order valence-electron chi connectivity index (χ1n) is 7.07. The van der Waals surface area contributed by atoms with Crippen molar-refractivity contribution in [2.75, 3.05) is 0 Å². The summed E-state index contributed by atoms with van der Waals surface area (Å²) in [6, 6.07) is 15.8. The molecule has 0 aliphatic heterocycles. The van der Waals surface area contributed by atoms with E-state index in [0.29, 0.717) is 13.1 Å². The molecule has 0 aliphatic rings. The zero-order valence-corrected chi connectivity index (χ0v) is 17.2. The molecule has 12 heteroatoms. The largest absolute Gasteiger partial charge is 2.00 e. The van der Waals surface area contributed by atoms with Gasteiger partial charge in [0.15, 0.2) is 0 Å². The second-order valence-corrected chi connectivity index (χ2v) is 4.81. The van der Waals surface area contributed by atoms with Crippen molar-refractivity contribution >= 4 is 22.1 Å². The van der Waals surface area contributed by atoms with Crippen LogP contribution in [0.3, 0.4) is 0 Å². The number of nitrogens with one attached hydrogen (secondary N) is 2. The first kappa shape index (κ1) is 33.8. The van der Waals surface area contributed by atoms with Gasteiger partial charge in [0, 0.05) is 0 Å². The van der Waals surface area contributed by atoms with Crippen molar-refractivity contribution in [2.45, 2.75) is 13.1 Å². The molecule has 0 fully saturated rings. The Bertz CT molecular complexity index is 766. The van der Waals surface area contributed by atoms with Crippen LogP contribution in [0.4, 0.5) is 0 Å². The van der Waals surface area contributed by atoms with Crippen molar-refractivity contribution in [1.82, 2.24) is 19.9 Å². The number of para-hydroxylation sites is 4. The molecular formula is C16H25Cl2CuN6O3+. The monoisotopic (exact) mass is 482 g/mol. The molecule has 2 heterocycles. The van der Waals surface area contributed by atoms with Crippen LogP contribution in [-0.2, 0) is 35.6 Å². The van der Waals surface area contributed by atoms with E-state index in [-0.39, 0.29) is 58.3 Å². The van der Waals surface area contributed by atoms with Gasteiger partial charge in [-0.25, -0.2) is 9.97 Å². The van der Waals surface area contributed by atoms with E-state index in [2.05, 4.69) is 19.9 Å². The molecule has 0 amide bonds. The standard InChI is InChI=1S/2C8H9N3.2ClH.Cu.3H2O/c2*9-5-8-10-6-3-1-2-4-7(6)11-8;;;;;;/h2*1-4H,5,9H2,(H,10,11);2*1H;;3*1H2/q;;;;+2;;;/p-1. The summed E-state index contributed by atoms with van der Waals surface area (Å²) in [7, 11) is 0. The fourth-order valence-electron chi connectivity index (χ4n) is 2.20. The molecule has 9 nitrogen and oxygen atoms in total.